The Balaban J connectivity index is 2.27. The summed E-state index contributed by atoms with van der Waals surface area (Å²) in [6.45, 7) is 0. The van der Waals surface area contributed by atoms with Crippen LogP contribution in [0.4, 0.5) is 5.82 Å². The van der Waals surface area contributed by atoms with E-state index in [4.69, 9.17) is 16.2 Å². The minimum atomic E-state index is -0.0242. The average Bonchev–Trinajstić information content (AvgIpc) is 2.57. The highest BCUT2D eigenvalue weighted by atomic mass is 79.9. The zero-order valence-corrected chi connectivity index (χ0v) is 14.0. The lowest BCUT2D eigenvalue weighted by Gasteiger charge is -2.10. The number of rotatable bonds is 3. The second-order valence-electron chi connectivity index (χ2n) is 4.93. The van der Waals surface area contributed by atoms with E-state index in [0.717, 1.165) is 32.1 Å². The number of nitrogens with zero attached hydrogens (tertiary/aromatic N) is 2. The van der Waals surface area contributed by atoms with E-state index in [1.54, 1.807) is 13.3 Å². The third-order valence-electron chi connectivity index (χ3n) is 3.47. The van der Waals surface area contributed by atoms with E-state index in [1.165, 1.54) is 0 Å². The van der Waals surface area contributed by atoms with Crippen LogP contribution >= 0.6 is 15.9 Å². The van der Waals surface area contributed by atoms with Gasteiger partial charge < -0.3 is 16.2 Å². The molecule has 0 unspecified atom stereocenters. The summed E-state index contributed by atoms with van der Waals surface area (Å²) in [6, 6.07) is 13.9. The number of para-hydroxylation sites is 1. The third-order valence-corrected chi connectivity index (χ3v) is 4.10. The Morgan fingerprint density at radius 2 is 1.91 bits per heavy atom. The maximum atomic E-state index is 5.50. The van der Waals surface area contributed by atoms with Gasteiger partial charge in [-0.1, -0.05) is 30.3 Å². The molecule has 0 atom stereocenters. The fourth-order valence-corrected chi connectivity index (χ4v) is 2.90. The molecular formula is C17H15BrN4O. The highest BCUT2D eigenvalue weighted by molar-refractivity contribution is 9.10. The van der Waals surface area contributed by atoms with Gasteiger partial charge in [0.1, 0.15) is 5.75 Å². The Kier molecular flexibility index (Phi) is 4.16. The number of nitrogens with two attached hydrogens (primary N) is 2. The Morgan fingerprint density at radius 1 is 1.13 bits per heavy atom. The molecule has 0 aliphatic heterocycles. The second kappa shape index (κ2) is 6.26. The van der Waals surface area contributed by atoms with Gasteiger partial charge in [0.2, 0.25) is 0 Å². The van der Waals surface area contributed by atoms with Crippen molar-refractivity contribution < 1.29 is 4.74 Å². The SMILES string of the molecule is COc1ccccc1-c1ccc2c(Br)cnc(N=C(N)N)c2c1. The lowest BCUT2D eigenvalue weighted by atomic mass is 10.0. The summed E-state index contributed by atoms with van der Waals surface area (Å²) < 4.78 is 6.32. The zero-order chi connectivity index (χ0) is 16.4. The van der Waals surface area contributed by atoms with Crippen molar-refractivity contribution in [3.8, 4) is 16.9 Å². The summed E-state index contributed by atoms with van der Waals surface area (Å²) >= 11 is 3.51. The first-order chi connectivity index (χ1) is 11.1. The largest absolute Gasteiger partial charge is 0.496 e. The van der Waals surface area contributed by atoms with E-state index in [-0.39, 0.29) is 5.96 Å². The standard InChI is InChI=1S/C17H15BrN4O/c1-23-15-5-3-2-4-11(15)10-6-7-12-13(8-10)16(22-17(19)20)21-9-14(12)18/h2-9H,1H3,(H4,19,20,21,22). The smallest absolute Gasteiger partial charge is 0.192 e. The van der Waals surface area contributed by atoms with Crippen molar-refractivity contribution in [2.45, 2.75) is 0 Å². The Labute approximate surface area is 142 Å². The molecule has 0 aliphatic carbocycles. The molecule has 1 heterocycles. The lowest BCUT2D eigenvalue weighted by Crippen LogP contribution is -2.22. The van der Waals surface area contributed by atoms with Gasteiger partial charge in [-0.2, -0.15) is 4.99 Å². The van der Waals surface area contributed by atoms with Gasteiger partial charge in [0.15, 0.2) is 11.8 Å². The molecule has 0 aliphatic rings. The predicted octanol–water partition coefficient (Wildman–Crippen LogP) is 3.58. The van der Waals surface area contributed by atoms with Crippen LogP contribution < -0.4 is 16.2 Å². The van der Waals surface area contributed by atoms with Crippen molar-refractivity contribution in [2.75, 3.05) is 7.11 Å². The van der Waals surface area contributed by atoms with Gasteiger partial charge in [0.05, 0.1) is 7.11 Å². The molecular weight excluding hydrogens is 356 g/mol. The summed E-state index contributed by atoms with van der Waals surface area (Å²) in [4.78, 5) is 8.41. The number of hydrogen-bond donors (Lipinski definition) is 2. The molecule has 116 valence electrons. The van der Waals surface area contributed by atoms with Gasteiger partial charge in [-0.25, -0.2) is 4.98 Å². The topological polar surface area (TPSA) is 86.5 Å². The number of fused-ring (bicyclic) bond motifs is 1. The van der Waals surface area contributed by atoms with Crippen LogP contribution in [0.1, 0.15) is 0 Å². The van der Waals surface area contributed by atoms with Crippen LogP contribution in [0.3, 0.4) is 0 Å². The maximum absolute atomic E-state index is 5.50. The highest BCUT2D eigenvalue weighted by Crippen LogP contribution is 2.36. The van der Waals surface area contributed by atoms with E-state index >= 15 is 0 Å². The monoisotopic (exact) mass is 370 g/mol. The number of halogens is 1. The first-order valence-corrected chi connectivity index (χ1v) is 7.70. The molecule has 0 spiro atoms. The van der Waals surface area contributed by atoms with Crippen molar-refractivity contribution in [1.29, 1.82) is 0 Å². The molecule has 6 heteroatoms. The third kappa shape index (κ3) is 2.98. The number of benzene rings is 2. The van der Waals surface area contributed by atoms with E-state index in [2.05, 4.69) is 25.9 Å². The molecule has 0 saturated heterocycles. The van der Waals surface area contributed by atoms with Crippen molar-refractivity contribution in [1.82, 2.24) is 4.98 Å². The molecule has 1 aromatic heterocycles. The van der Waals surface area contributed by atoms with Crippen LogP contribution in [0.2, 0.25) is 0 Å². The lowest BCUT2D eigenvalue weighted by molar-refractivity contribution is 0.416. The van der Waals surface area contributed by atoms with Crippen molar-refractivity contribution in [3.05, 3.63) is 53.1 Å². The fourth-order valence-electron chi connectivity index (χ4n) is 2.46. The molecule has 0 amide bonds. The predicted molar refractivity (Wildman–Crippen MR) is 96.9 cm³/mol. The number of guanidine groups is 1. The molecule has 0 fully saturated rings. The van der Waals surface area contributed by atoms with Crippen molar-refractivity contribution >= 4 is 38.5 Å². The van der Waals surface area contributed by atoms with Gasteiger partial charge in [-0.15, -0.1) is 0 Å². The summed E-state index contributed by atoms with van der Waals surface area (Å²) in [7, 11) is 1.66. The summed E-state index contributed by atoms with van der Waals surface area (Å²) in [5.41, 5.74) is 13.0. The maximum Gasteiger partial charge on any atom is 0.192 e. The molecule has 23 heavy (non-hydrogen) atoms. The van der Waals surface area contributed by atoms with Gasteiger partial charge in [0.25, 0.3) is 0 Å². The van der Waals surface area contributed by atoms with Crippen LogP contribution in [-0.2, 0) is 0 Å². The van der Waals surface area contributed by atoms with Gasteiger partial charge in [-0.3, -0.25) is 0 Å². The van der Waals surface area contributed by atoms with Crippen LogP contribution in [-0.4, -0.2) is 18.1 Å². The zero-order valence-electron chi connectivity index (χ0n) is 12.5. The van der Waals surface area contributed by atoms with Crippen LogP contribution in [0.25, 0.3) is 21.9 Å². The first kappa shape index (κ1) is 15.3. The van der Waals surface area contributed by atoms with Gasteiger partial charge >= 0.3 is 0 Å². The van der Waals surface area contributed by atoms with Crippen LogP contribution in [0.5, 0.6) is 5.75 Å². The average molecular weight is 371 g/mol. The molecule has 3 aromatic rings. The normalized spacial score (nSPS) is 10.5. The number of aromatic nitrogens is 1. The summed E-state index contributed by atoms with van der Waals surface area (Å²) in [5.74, 6) is 1.27. The highest BCUT2D eigenvalue weighted by Gasteiger charge is 2.10. The number of methoxy groups -OCH3 is 1. The van der Waals surface area contributed by atoms with Gasteiger partial charge in [0, 0.05) is 27.0 Å². The molecule has 0 bridgehead atoms. The number of ether oxygens (including phenoxy) is 1. The summed E-state index contributed by atoms with van der Waals surface area (Å²) in [5, 5.41) is 1.84. The first-order valence-electron chi connectivity index (χ1n) is 6.91. The van der Waals surface area contributed by atoms with E-state index in [0.29, 0.717) is 5.82 Å². The summed E-state index contributed by atoms with van der Waals surface area (Å²) in [6.07, 6.45) is 1.69. The van der Waals surface area contributed by atoms with Crippen molar-refractivity contribution in [2.24, 2.45) is 16.5 Å². The van der Waals surface area contributed by atoms with E-state index in [9.17, 15) is 0 Å². The second-order valence-corrected chi connectivity index (χ2v) is 5.78. The minimum absolute atomic E-state index is 0.0242. The Bertz CT molecular complexity index is 904. The molecule has 5 nitrogen and oxygen atoms in total. The van der Waals surface area contributed by atoms with Crippen LogP contribution in [0.15, 0.2) is 58.1 Å². The van der Waals surface area contributed by atoms with Crippen LogP contribution in [0, 0.1) is 0 Å². The van der Waals surface area contributed by atoms with Crippen molar-refractivity contribution in [3.63, 3.8) is 0 Å². The number of hydrogen-bond acceptors (Lipinski definition) is 3. The number of pyridine rings is 1. The Hall–Kier alpha value is -2.60. The van der Waals surface area contributed by atoms with E-state index < -0.39 is 0 Å². The number of aliphatic imine (C=N–C) groups is 1. The molecule has 0 saturated carbocycles. The quantitative estimate of drug-likeness (QED) is 0.544. The molecule has 4 N–H and O–H groups in total. The Morgan fingerprint density at radius 3 is 2.65 bits per heavy atom. The minimum Gasteiger partial charge on any atom is -0.496 e. The molecule has 3 rings (SSSR count). The fraction of sp³-hybridized carbons (Fsp3) is 0.0588. The molecule has 2 aromatic carbocycles. The molecule has 0 radical (unpaired) electrons. The van der Waals surface area contributed by atoms with E-state index in [1.807, 2.05) is 42.5 Å². The van der Waals surface area contributed by atoms with Gasteiger partial charge in [-0.05, 0) is 33.6 Å².